The van der Waals surface area contributed by atoms with E-state index in [1.165, 1.54) is 13.8 Å². The van der Waals surface area contributed by atoms with Gasteiger partial charge < -0.3 is 56.0 Å². The van der Waals surface area contributed by atoms with Crippen molar-refractivity contribution < 1.29 is 85.6 Å². The van der Waals surface area contributed by atoms with Crippen LogP contribution < -0.4 is 16.4 Å². The number of phosphoric ester groups is 3. The van der Waals surface area contributed by atoms with Crippen LogP contribution in [0.4, 0.5) is 5.82 Å². The summed E-state index contributed by atoms with van der Waals surface area (Å²) in [7, 11) is -16.4. The zero-order valence-electron chi connectivity index (χ0n) is 29.7. The van der Waals surface area contributed by atoms with Gasteiger partial charge in [0.25, 0.3) is 0 Å². The average Bonchev–Trinajstić information content (AvgIpc) is 3.64. The lowest BCUT2D eigenvalue weighted by atomic mass is 9.87. The highest BCUT2D eigenvalue weighted by atomic mass is 32.2. The summed E-state index contributed by atoms with van der Waals surface area (Å²) in [6.07, 6.45) is -8.14. The molecule has 2 aromatic rings. The van der Waals surface area contributed by atoms with E-state index in [2.05, 4.69) is 34.4 Å². The lowest BCUT2D eigenvalue weighted by molar-refractivity contribution is -0.137. The molecule has 0 aromatic carbocycles. The smallest absolute Gasteiger partial charge is 0.386 e. The lowest BCUT2D eigenvalue weighted by Crippen LogP contribution is -2.46. The summed E-state index contributed by atoms with van der Waals surface area (Å²) >= 11 is 0.857. The fourth-order valence-corrected chi connectivity index (χ4v) is 8.32. The SMILES string of the molecule is CC(C)[C@H](O)C(=O)SCCNC(=O)CCNC(=O)C(O)C(C)(C)COP(=O)(O)OP(=O)(O)OCC1OC(n2cnc3c(N)ncnc32)C(O)C1OP(=O)(O)O. The molecule has 2 amide bonds. The van der Waals surface area contributed by atoms with Gasteiger partial charge in [-0.05, 0) is 5.92 Å². The molecule has 1 aliphatic rings. The number of imidazole rings is 1. The topological polar surface area (TPSA) is 384 Å². The Morgan fingerprint density at radius 1 is 1.04 bits per heavy atom. The van der Waals surface area contributed by atoms with Crippen LogP contribution in [0.1, 0.15) is 40.3 Å². The molecule has 0 spiro atoms. The molecular formula is C26H44N7O18P3S. The van der Waals surface area contributed by atoms with E-state index in [0.717, 1.165) is 29.0 Å². The number of amides is 2. The van der Waals surface area contributed by atoms with Crippen molar-refractivity contribution in [2.24, 2.45) is 11.3 Å². The molecule has 1 fully saturated rings. The first-order valence-corrected chi connectivity index (χ1v) is 21.6. The quantitative estimate of drug-likeness (QED) is 0.0514. The summed E-state index contributed by atoms with van der Waals surface area (Å²) in [5, 5.41) is 35.5. The van der Waals surface area contributed by atoms with E-state index in [0.29, 0.717) is 0 Å². The summed E-state index contributed by atoms with van der Waals surface area (Å²) in [6.45, 7) is 3.68. The molecule has 8 atom stereocenters. The van der Waals surface area contributed by atoms with Crippen LogP contribution in [0.5, 0.6) is 0 Å². The first-order valence-electron chi connectivity index (χ1n) is 16.1. The number of nitrogens with zero attached hydrogens (tertiary/aromatic N) is 4. The Balaban J connectivity index is 1.50. The second kappa shape index (κ2) is 19.3. The normalized spacial score (nSPS) is 22.5. The molecule has 1 aliphatic heterocycles. The van der Waals surface area contributed by atoms with E-state index in [4.69, 9.17) is 19.5 Å². The molecule has 2 aromatic heterocycles. The zero-order valence-corrected chi connectivity index (χ0v) is 33.2. The van der Waals surface area contributed by atoms with E-state index in [9.17, 15) is 63.0 Å². The van der Waals surface area contributed by atoms with E-state index in [1.54, 1.807) is 13.8 Å². The van der Waals surface area contributed by atoms with Crippen molar-refractivity contribution in [3.05, 3.63) is 12.7 Å². The standard InChI is InChI=1S/C26H44N7O18P3S/c1-13(2)17(35)25(39)55-8-7-28-15(34)5-6-29-23(38)20(37)26(3,4)10-48-54(45,46)51-53(43,44)47-9-14-19(50-52(40,41)42)18(36)24(49-14)33-12-32-16-21(27)30-11-31-22(16)33/h11-14,17-20,24,35-37H,5-10H2,1-4H3,(H,28,34)(H,29,38)(H,43,44)(H,45,46)(H2,27,30,31)(H2,40,41,42)/t14?,17-,18?,19?,20?,24?/m0/s1. The number of aromatic nitrogens is 4. The minimum Gasteiger partial charge on any atom is -0.386 e. The highest BCUT2D eigenvalue weighted by molar-refractivity contribution is 8.13. The van der Waals surface area contributed by atoms with E-state index >= 15 is 0 Å². The van der Waals surface area contributed by atoms with Crippen molar-refractivity contribution in [3.8, 4) is 0 Å². The molecule has 29 heteroatoms. The van der Waals surface area contributed by atoms with Crippen molar-refractivity contribution in [2.75, 3.05) is 37.8 Å². The molecule has 11 N–H and O–H groups in total. The first kappa shape index (κ1) is 46.9. The van der Waals surface area contributed by atoms with Gasteiger partial charge in [0, 0.05) is 30.7 Å². The van der Waals surface area contributed by atoms with Crippen LogP contribution in [0.2, 0.25) is 0 Å². The minimum atomic E-state index is -5.58. The van der Waals surface area contributed by atoms with Gasteiger partial charge in [0.15, 0.2) is 17.7 Å². The molecular weight excluding hydrogens is 823 g/mol. The number of aliphatic hydroxyl groups is 3. The molecule has 1 saturated heterocycles. The van der Waals surface area contributed by atoms with Crippen LogP contribution in [-0.4, -0.2) is 134 Å². The largest absolute Gasteiger partial charge is 0.481 e. The minimum absolute atomic E-state index is 0.0252. The number of nitrogen functional groups attached to an aromatic ring is 1. The predicted octanol–water partition coefficient (Wildman–Crippen LogP) is -1.32. The van der Waals surface area contributed by atoms with E-state index in [1.807, 2.05) is 0 Å². The van der Waals surface area contributed by atoms with Crippen molar-refractivity contribution in [2.45, 2.75) is 70.9 Å². The molecule has 0 saturated carbocycles. The van der Waals surface area contributed by atoms with Crippen LogP contribution >= 0.6 is 35.2 Å². The molecule has 3 heterocycles. The van der Waals surface area contributed by atoms with E-state index < -0.39 is 95.8 Å². The van der Waals surface area contributed by atoms with Crippen molar-refractivity contribution >= 4 is 69.1 Å². The Bertz CT molecular complexity index is 1810. The van der Waals surface area contributed by atoms with Crippen LogP contribution in [0.25, 0.3) is 11.2 Å². The maximum absolute atomic E-state index is 12.7. The lowest BCUT2D eigenvalue weighted by Gasteiger charge is -2.30. The summed E-state index contributed by atoms with van der Waals surface area (Å²) in [4.78, 5) is 87.2. The van der Waals surface area contributed by atoms with Gasteiger partial charge in [0.2, 0.25) is 16.9 Å². The van der Waals surface area contributed by atoms with Crippen molar-refractivity contribution in [1.29, 1.82) is 0 Å². The highest BCUT2D eigenvalue weighted by Gasteiger charge is 2.50. The molecule has 25 nitrogen and oxygen atoms in total. The van der Waals surface area contributed by atoms with Gasteiger partial charge in [-0.2, -0.15) is 4.31 Å². The van der Waals surface area contributed by atoms with Crippen LogP contribution in [-0.2, 0) is 50.7 Å². The van der Waals surface area contributed by atoms with Gasteiger partial charge in [-0.3, -0.25) is 32.5 Å². The average molecular weight is 868 g/mol. The maximum Gasteiger partial charge on any atom is 0.481 e. The van der Waals surface area contributed by atoms with Gasteiger partial charge in [0.1, 0.15) is 42.4 Å². The number of ether oxygens (including phenoxy) is 1. The summed E-state index contributed by atoms with van der Waals surface area (Å²) in [5.41, 5.74) is 4.23. The molecule has 3 rings (SSSR count). The summed E-state index contributed by atoms with van der Waals surface area (Å²) in [6, 6.07) is 0. The zero-order chi connectivity index (χ0) is 41.5. The molecule has 7 unspecified atom stereocenters. The fourth-order valence-electron chi connectivity index (χ4n) is 4.64. The van der Waals surface area contributed by atoms with Gasteiger partial charge >= 0.3 is 23.5 Å². The third-order valence-corrected chi connectivity index (χ3v) is 11.7. The van der Waals surface area contributed by atoms with Gasteiger partial charge in [0.05, 0.1) is 19.5 Å². The Morgan fingerprint density at radius 2 is 1.69 bits per heavy atom. The highest BCUT2D eigenvalue weighted by Crippen LogP contribution is 2.61. The number of fused-ring (bicyclic) bond motifs is 1. The molecule has 55 heavy (non-hydrogen) atoms. The Morgan fingerprint density at radius 3 is 2.33 bits per heavy atom. The number of thioether (sulfide) groups is 1. The van der Waals surface area contributed by atoms with Gasteiger partial charge in [-0.15, -0.1) is 0 Å². The maximum atomic E-state index is 12.7. The van der Waals surface area contributed by atoms with Crippen LogP contribution in [0, 0.1) is 11.3 Å². The number of nitrogens with one attached hydrogen (secondary N) is 2. The Hall–Kier alpha value is -2.48. The number of hydrogen-bond donors (Lipinski definition) is 10. The molecule has 0 bridgehead atoms. The number of carbonyl (C=O) groups excluding carboxylic acids is 3. The second-order valence-electron chi connectivity index (χ2n) is 12.9. The van der Waals surface area contributed by atoms with Crippen molar-refractivity contribution in [3.63, 3.8) is 0 Å². The molecule has 0 radical (unpaired) electrons. The predicted molar refractivity (Wildman–Crippen MR) is 188 cm³/mol. The number of carbonyl (C=O) groups is 3. The summed E-state index contributed by atoms with van der Waals surface area (Å²) < 4.78 is 62.0. The fraction of sp³-hybridized carbons (Fsp3) is 0.692. The number of hydrogen-bond acceptors (Lipinski definition) is 19. The van der Waals surface area contributed by atoms with Crippen LogP contribution in [0.3, 0.4) is 0 Å². The Kier molecular flexibility index (Phi) is 16.5. The first-order chi connectivity index (χ1) is 25.3. The van der Waals surface area contributed by atoms with Crippen LogP contribution in [0.15, 0.2) is 12.7 Å². The summed E-state index contributed by atoms with van der Waals surface area (Å²) in [5.74, 6) is -1.59. The number of rotatable bonds is 21. The number of nitrogens with two attached hydrogens (primary N) is 1. The Labute approximate surface area is 317 Å². The molecule has 0 aliphatic carbocycles. The number of aliphatic hydroxyl groups excluding tert-OH is 3. The van der Waals surface area contributed by atoms with Gasteiger partial charge in [-0.25, -0.2) is 28.6 Å². The third kappa shape index (κ3) is 13.8. The molecule has 312 valence electrons. The van der Waals surface area contributed by atoms with Crippen molar-refractivity contribution in [1.82, 2.24) is 30.2 Å². The van der Waals surface area contributed by atoms with Gasteiger partial charge in [-0.1, -0.05) is 39.5 Å². The second-order valence-corrected chi connectivity index (χ2v) is 18.3. The van der Waals surface area contributed by atoms with E-state index in [-0.39, 0.29) is 48.2 Å². The number of phosphoric acid groups is 3. The monoisotopic (exact) mass is 867 g/mol. The number of anilines is 1. The third-order valence-electron chi connectivity index (χ3n) is 7.62.